The second-order valence-corrected chi connectivity index (χ2v) is 6.30. The summed E-state index contributed by atoms with van der Waals surface area (Å²) in [6.07, 6.45) is 0.466. The number of hydrogen-bond acceptors (Lipinski definition) is 1. The minimum Gasteiger partial charge on any atom is -0.294 e. The van der Waals surface area contributed by atoms with E-state index in [1.54, 1.807) is 0 Å². The largest absolute Gasteiger partial charge is 0.294 e. The van der Waals surface area contributed by atoms with Crippen LogP contribution in [-0.2, 0) is 6.42 Å². The molecule has 2 aromatic rings. The summed E-state index contributed by atoms with van der Waals surface area (Å²) >= 11 is 3.49. The van der Waals surface area contributed by atoms with Crippen molar-refractivity contribution in [2.24, 2.45) is 0 Å². The minimum atomic E-state index is 0.167. The van der Waals surface area contributed by atoms with Crippen LogP contribution in [0.3, 0.4) is 0 Å². The Bertz CT molecular complexity index is 648. The molecule has 104 valence electrons. The molecule has 0 aromatic heterocycles. The van der Waals surface area contributed by atoms with E-state index in [4.69, 9.17) is 0 Å². The maximum atomic E-state index is 12.4. The summed E-state index contributed by atoms with van der Waals surface area (Å²) in [5.41, 5.74) is 6.70. The fourth-order valence-electron chi connectivity index (χ4n) is 2.52. The lowest BCUT2D eigenvalue weighted by atomic mass is 9.94. The van der Waals surface area contributed by atoms with Crippen molar-refractivity contribution in [2.75, 3.05) is 0 Å². The number of rotatable bonds is 3. The molecule has 2 heteroatoms. The lowest BCUT2D eigenvalue weighted by molar-refractivity contribution is 0.0992. The number of hydrogen-bond donors (Lipinski definition) is 0. The van der Waals surface area contributed by atoms with Crippen LogP contribution in [0, 0.1) is 27.7 Å². The maximum Gasteiger partial charge on any atom is 0.167 e. The van der Waals surface area contributed by atoms with Crippen LogP contribution in [0.5, 0.6) is 0 Å². The number of Topliss-reactive ketones (excluding diaryl/α,β-unsaturated/α-hetero) is 1. The van der Waals surface area contributed by atoms with Gasteiger partial charge >= 0.3 is 0 Å². The van der Waals surface area contributed by atoms with E-state index < -0.39 is 0 Å². The highest BCUT2D eigenvalue weighted by Gasteiger charge is 2.12. The molecule has 0 bridgehead atoms. The molecule has 2 rings (SSSR count). The molecule has 0 unspecified atom stereocenters. The van der Waals surface area contributed by atoms with Crippen molar-refractivity contribution in [3.63, 3.8) is 0 Å². The SMILES string of the molecule is Cc1cc(C)c(CC(=O)c2ccc(C)c(Br)c2)c(C)c1. The van der Waals surface area contributed by atoms with Gasteiger partial charge in [0.1, 0.15) is 0 Å². The van der Waals surface area contributed by atoms with Crippen LogP contribution >= 0.6 is 15.9 Å². The van der Waals surface area contributed by atoms with Crippen molar-refractivity contribution in [3.05, 3.63) is 68.2 Å². The molecule has 0 aliphatic carbocycles. The molecule has 0 amide bonds. The molecule has 0 radical (unpaired) electrons. The van der Waals surface area contributed by atoms with Crippen molar-refractivity contribution < 1.29 is 4.79 Å². The molecule has 0 heterocycles. The summed E-state index contributed by atoms with van der Waals surface area (Å²) < 4.78 is 0.987. The standard InChI is InChI=1S/C18H19BrO/c1-11-7-13(3)16(14(4)8-11)10-18(20)15-6-5-12(2)17(19)9-15/h5-9H,10H2,1-4H3. The van der Waals surface area contributed by atoms with Crippen LogP contribution in [0.4, 0.5) is 0 Å². The van der Waals surface area contributed by atoms with Crippen molar-refractivity contribution >= 4 is 21.7 Å². The summed E-state index contributed by atoms with van der Waals surface area (Å²) in [7, 11) is 0. The number of benzene rings is 2. The quantitative estimate of drug-likeness (QED) is 0.715. The highest BCUT2D eigenvalue weighted by molar-refractivity contribution is 9.10. The Morgan fingerprint density at radius 1 is 0.950 bits per heavy atom. The Morgan fingerprint density at radius 3 is 2.10 bits per heavy atom. The average Bonchev–Trinajstić information content (AvgIpc) is 2.36. The molecule has 0 fully saturated rings. The molecule has 0 atom stereocenters. The summed E-state index contributed by atoms with van der Waals surface area (Å²) in [4.78, 5) is 12.4. The molecule has 0 spiro atoms. The molecule has 2 aromatic carbocycles. The van der Waals surface area contributed by atoms with Crippen molar-refractivity contribution in [1.82, 2.24) is 0 Å². The summed E-state index contributed by atoms with van der Waals surface area (Å²) in [5, 5.41) is 0. The third kappa shape index (κ3) is 3.18. The van der Waals surface area contributed by atoms with Gasteiger partial charge in [0.2, 0.25) is 0 Å². The third-order valence-corrected chi connectivity index (χ3v) is 4.53. The summed E-state index contributed by atoms with van der Waals surface area (Å²) in [6, 6.07) is 10.1. The predicted octanol–water partition coefficient (Wildman–Crippen LogP) is 5.11. The molecule has 0 aliphatic heterocycles. The molecule has 0 aliphatic rings. The second-order valence-electron chi connectivity index (χ2n) is 5.44. The first-order valence-electron chi connectivity index (χ1n) is 6.74. The van der Waals surface area contributed by atoms with E-state index in [1.807, 2.05) is 25.1 Å². The fourth-order valence-corrected chi connectivity index (χ4v) is 2.90. The molecule has 0 saturated carbocycles. The zero-order chi connectivity index (χ0) is 14.9. The number of aryl methyl sites for hydroxylation is 4. The van der Waals surface area contributed by atoms with Gasteiger partial charge in [-0.25, -0.2) is 0 Å². The van der Waals surface area contributed by atoms with E-state index in [0.29, 0.717) is 6.42 Å². The predicted molar refractivity (Wildman–Crippen MR) is 87.6 cm³/mol. The van der Waals surface area contributed by atoms with Gasteiger partial charge in [0, 0.05) is 16.5 Å². The van der Waals surface area contributed by atoms with Crippen molar-refractivity contribution in [3.8, 4) is 0 Å². The van der Waals surface area contributed by atoms with Gasteiger partial charge in [-0.05, 0) is 56.0 Å². The monoisotopic (exact) mass is 330 g/mol. The zero-order valence-electron chi connectivity index (χ0n) is 12.4. The molecular formula is C18H19BrO. The Labute approximate surface area is 129 Å². The normalized spacial score (nSPS) is 10.7. The number of carbonyl (C=O) groups excluding carboxylic acids is 1. The van der Waals surface area contributed by atoms with Gasteiger partial charge in [0.15, 0.2) is 5.78 Å². The van der Waals surface area contributed by atoms with Crippen LogP contribution in [0.2, 0.25) is 0 Å². The van der Waals surface area contributed by atoms with E-state index in [0.717, 1.165) is 21.2 Å². The smallest absolute Gasteiger partial charge is 0.167 e. The van der Waals surface area contributed by atoms with Crippen LogP contribution in [-0.4, -0.2) is 5.78 Å². The van der Waals surface area contributed by atoms with Crippen molar-refractivity contribution in [1.29, 1.82) is 0 Å². The zero-order valence-corrected chi connectivity index (χ0v) is 14.0. The topological polar surface area (TPSA) is 17.1 Å². The van der Waals surface area contributed by atoms with Gasteiger partial charge in [0.25, 0.3) is 0 Å². The van der Waals surface area contributed by atoms with E-state index in [-0.39, 0.29) is 5.78 Å². The first kappa shape index (κ1) is 15.0. The average molecular weight is 331 g/mol. The summed E-state index contributed by atoms with van der Waals surface area (Å²) in [6.45, 7) is 8.26. The molecule has 1 nitrogen and oxygen atoms in total. The van der Waals surface area contributed by atoms with E-state index >= 15 is 0 Å². The van der Waals surface area contributed by atoms with Gasteiger partial charge in [-0.1, -0.05) is 45.8 Å². The van der Waals surface area contributed by atoms with Gasteiger partial charge < -0.3 is 0 Å². The van der Waals surface area contributed by atoms with E-state index in [1.165, 1.54) is 16.7 Å². The number of ketones is 1. The minimum absolute atomic E-state index is 0.167. The third-order valence-electron chi connectivity index (χ3n) is 3.67. The number of carbonyl (C=O) groups is 1. The lowest BCUT2D eigenvalue weighted by Gasteiger charge is -2.11. The molecule has 0 saturated heterocycles. The van der Waals surface area contributed by atoms with Crippen LogP contribution in [0.1, 0.15) is 38.2 Å². The fraction of sp³-hybridized carbons (Fsp3) is 0.278. The van der Waals surface area contributed by atoms with Gasteiger partial charge in [0.05, 0.1) is 0 Å². The highest BCUT2D eigenvalue weighted by atomic mass is 79.9. The Hall–Kier alpha value is -1.41. The van der Waals surface area contributed by atoms with Gasteiger partial charge in [-0.3, -0.25) is 4.79 Å². The Balaban J connectivity index is 2.30. The first-order valence-corrected chi connectivity index (χ1v) is 7.54. The van der Waals surface area contributed by atoms with Crippen LogP contribution < -0.4 is 0 Å². The van der Waals surface area contributed by atoms with Crippen LogP contribution in [0.25, 0.3) is 0 Å². The Morgan fingerprint density at radius 2 is 1.55 bits per heavy atom. The summed E-state index contributed by atoms with van der Waals surface area (Å²) in [5.74, 6) is 0.167. The highest BCUT2D eigenvalue weighted by Crippen LogP contribution is 2.21. The van der Waals surface area contributed by atoms with Crippen LogP contribution in [0.15, 0.2) is 34.8 Å². The molecular weight excluding hydrogens is 312 g/mol. The van der Waals surface area contributed by atoms with Crippen molar-refractivity contribution in [2.45, 2.75) is 34.1 Å². The van der Waals surface area contributed by atoms with Gasteiger partial charge in [-0.15, -0.1) is 0 Å². The Kier molecular flexibility index (Phi) is 4.44. The van der Waals surface area contributed by atoms with E-state index in [2.05, 4.69) is 48.8 Å². The maximum absolute atomic E-state index is 12.4. The molecule has 20 heavy (non-hydrogen) atoms. The molecule has 0 N–H and O–H groups in total. The van der Waals surface area contributed by atoms with Gasteiger partial charge in [-0.2, -0.15) is 0 Å². The second kappa shape index (κ2) is 5.92. The first-order chi connectivity index (χ1) is 9.38. The van der Waals surface area contributed by atoms with E-state index in [9.17, 15) is 4.79 Å². The number of halogens is 1. The lowest BCUT2D eigenvalue weighted by Crippen LogP contribution is -2.07.